The zero-order valence-corrected chi connectivity index (χ0v) is 12.3. The van der Waals surface area contributed by atoms with Crippen LogP contribution in [0.5, 0.6) is 0 Å². The maximum absolute atomic E-state index is 5.91. The summed E-state index contributed by atoms with van der Waals surface area (Å²) in [6, 6.07) is 0. The summed E-state index contributed by atoms with van der Waals surface area (Å²) in [7, 11) is 0. The molecule has 0 spiro atoms. The topological polar surface area (TPSA) is 45.7 Å². The van der Waals surface area contributed by atoms with Crippen molar-refractivity contribution in [3.63, 3.8) is 0 Å². The van der Waals surface area contributed by atoms with Crippen LogP contribution >= 0.6 is 0 Å². The van der Waals surface area contributed by atoms with E-state index in [9.17, 15) is 0 Å². The fraction of sp³-hybridized carbons (Fsp3) is 0.800. The number of nitrogens with one attached hydrogen (secondary N) is 2. The van der Waals surface area contributed by atoms with Crippen molar-refractivity contribution in [1.29, 1.82) is 0 Å². The summed E-state index contributed by atoms with van der Waals surface area (Å²) in [6.07, 6.45) is 10.1. The van der Waals surface area contributed by atoms with Gasteiger partial charge in [-0.05, 0) is 19.8 Å². The van der Waals surface area contributed by atoms with Crippen LogP contribution in [0.4, 0.5) is 0 Å². The van der Waals surface area contributed by atoms with E-state index in [1.165, 1.54) is 38.5 Å². The second-order valence-corrected chi connectivity index (χ2v) is 4.91. The second-order valence-electron chi connectivity index (χ2n) is 4.91. The minimum atomic E-state index is 0.460. The van der Waals surface area contributed by atoms with Crippen molar-refractivity contribution in [3.8, 4) is 0 Å². The van der Waals surface area contributed by atoms with Crippen LogP contribution < -0.4 is 10.6 Å². The first kappa shape index (κ1) is 16.0. The molecule has 1 fully saturated rings. The quantitative estimate of drug-likeness (QED) is 0.245. The van der Waals surface area contributed by atoms with Crippen molar-refractivity contribution in [2.45, 2.75) is 51.6 Å². The molecule has 0 atom stereocenters. The van der Waals surface area contributed by atoms with Gasteiger partial charge in [-0.1, -0.05) is 31.8 Å². The molecule has 4 nitrogen and oxygen atoms in total. The second kappa shape index (κ2) is 10.9. The van der Waals surface area contributed by atoms with Crippen molar-refractivity contribution in [3.05, 3.63) is 12.7 Å². The molecule has 4 heteroatoms. The number of rotatable bonds is 7. The normalized spacial score (nSPS) is 17.8. The van der Waals surface area contributed by atoms with Gasteiger partial charge in [0.1, 0.15) is 0 Å². The number of guanidine groups is 1. The molecule has 0 amide bonds. The van der Waals surface area contributed by atoms with Gasteiger partial charge in [0.25, 0.3) is 0 Å². The van der Waals surface area contributed by atoms with Crippen molar-refractivity contribution >= 4 is 5.96 Å². The maximum atomic E-state index is 5.91. The Kier molecular flexibility index (Phi) is 9.15. The summed E-state index contributed by atoms with van der Waals surface area (Å²) in [6.45, 7) is 8.78. The fourth-order valence-electron chi connectivity index (χ4n) is 2.30. The molecule has 0 unspecified atom stereocenters. The van der Waals surface area contributed by atoms with Crippen LogP contribution in [-0.2, 0) is 4.74 Å². The van der Waals surface area contributed by atoms with Gasteiger partial charge in [0.15, 0.2) is 5.96 Å². The average molecular weight is 267 g/mol. The zero-order valence-electron chi connectivity index (χ0n) is 12.3. The average Bonchev–Trinajstić information content (AvgIpc) is 2.69. The molecule has 0 aliphatic heterocycles. The third-order valence-electron chi connectivity index (χ3n) is 3.28. The highest BCUT2D eigenvalue weighted by Crippen LogP contribution is 2.19. The predicted molar refractivity (Wildman–Crippen MR) is 81.6 cm³/mol. The molecule has 19 heavy (non-hydrogen) atoms. The minimum absolute atomic E-state index is 0.460. The highest BCUT2D eigenvalue weighted by Gasteiger charge is 2.11. The molecule has 0 aromatic heterocycles. The predicted octanol–water partition coefficient (Wildman–Crippen LogP) is 2.47. The molecule has 2 N–H and O–H groups in total. The Morgan fingerprint density at radius 3 is 2.63 bits per heavy atom. The zero-order chi connectivity index (χ0) is 13.8. The molecule has 1 rings (SSSR count). The van der Waals surface area contributed by atoms with Crippen LogP contribution in [0, 0.1) is 0 Å². The lowest BCUT2D eigenvalue weighted by Gasteiger charge is -2.15. The Morgan fingerprint density at radius 1 is 1.26 bits per heavy atom. The third-order valence-corrected chi connectivity index (χ3v) is 3.28. The molecule has 1 aliphatic rings. The summed E-state index contributed by atoms with van der Waals surface area (Å²) < 4.78 is 5.91. The number of aliphatic imine (C=N–C) groups is 1. The first-order valence-corrected chi connectivity index (χ1v) is 7.61. The van der Waals surface area contributed by atoms with Crippen LogP contribution in [-0.4, -0.2) is 38.3 Å². The number of nitrogens with zero attached hydrogens (tertiary/aromatic N) is 1. The number of hydrogen-bond donors (Lipinski definition) is 2. The van der Waals surface area contributed by atoms with Gasteiger partial charge in [0.05, 0.1) is 19.3 Å². The molecule has 0 heterocycles. The minimum Gasteiger partial charge on any atom is -0.376 e. The van der Waals surface area contributed by atoms with Crippen LogP contribution in [0.3, 0.4) is 0 Å². The molecule has 1 saturated carbocycles. The van der Waals surface area contributed by atoms with E-state index >= 15 is 0 Å². The molecule has 110 valence electrons. The molecular weight excluding hydrogens is 238 g/mol. The van der Waals surface area contributed by atoms with Gasteiger partial charge >= 0.3 is 0 Å². The molecular formula is C15H29N3O. The van der Waals surface area contributed by atoms with Crippen LogP contribution in [0.15, 0.2) is 17.6 Å². The molecule has 0 aromatic rings. The van der Waals surface area contributed by atoms with Crippen molar-refractivity contribution in [1.82, 2.24) is 10.6 Å². The van der Waals surface area contributed by atoms with Gasteiger partial charge in [0, 0.05) is 13.1 Å². The fourth-order valence-corrected chi connectivity index (χ4v) is 2.30. The van der Waals surface area contributed by atoms with Crippen molar-refractivity contribution < 1.29 is 4.74 Å². The lowest BCUT2D eigenvalue weighted by atomic mass is 10.1. The van der Waals surface area contributed by atoms with E-state index in [2.05, 4.69) is 29.1 Å². The van der Waals surface area contributed by atoms with Gasteiger partial charge < -0.3 is 15.4 Å². The Labute approximate surface area is 117 Å². The van der Waals surface area contributed by atoms with Crippen LogP contribution in [0.25, 0.3) is 0 Å². The van der Waals surface area contributed by atoms with E-state index in [0.717, 1.165) is 25.7 Å². The Morgan fingerprint density at radius 2 is 2.00 bits per heavy atom. The molecule has 0 saturated heterocycles. The summed E-state index contributed by atoms with van der Waals surface area (Å²) in [4.78, 5) is 4.48. The summed E-state index contributed by atoms with van der Waals surface area (Å²) >= 11 is 0. The number of hydrogen-bond acceptors (Lipinski definition) is 2. The largest absolute Gasteiger partial charge is 0.376 e. The van der Waals surface area contributed by atoms with Gasteiger partial charge in [-0.25, -0.2) is 0 Å². The smallest absolute Gasteiger partial charge is 0.191 e. The van der Waals surface area contributed by atoms with E-state index in [-0.39, 0.29) is 0 Å². The first-order chi connectivity index (χ1) is 9.36. The Balaban J connectivity index is 2.19. The molecule has 0 aromatic carbocycles. The SMILES string of the molecule is C=CCNC(=NCCOC1CCCCCC1)NCC. The van der Waals surface area contributed by atoms with Crippen LogP contribution in [0.2, 0.25) is 0 Å². The molecule has 1 aliphatic carbocycles. The standard InChI is InChI=1S/C15H29N3O/c1-3-11-17-15(16-4-2)18-12-13-19-14-9-7-5-6-8-10-14/h3,14H,1,4-13H2,2H3,(H2,16,17,18). The van der Waals surface area contributed by atoms with E-state index in [1.54, 1.807) is 0 Å². The lowest BCUT2D eigenvalue weighted by Crippen LogP contribution is -2.37. The summed E-state index contributed by atoms with van der Waals surface area (Å²) in [5, 5.41) is 6.39. The number of ether oxygens (including phenoxy) is 1. The molecule has 0 bridgehead atoms. The Hall–Kier alpha value is -1.03. The summed E-state index contributed by atoms with van der Waals surface area (Å²) in [5.74, 6) is 0.840. The third kappa shape index (κ3) is 7.88. The lowest BCUT2D eigenvalue weighted by molar-refractivity contribution is 0.0487. The summed E-state index contributed by atoms with van der Waals surface area (Å²) in [5.41, 5.74) is 0. The highest BCUT2D eigenvalue weighted by atomic mass is 16.5. The monoisotopic (exact) mass is 267 g/mol. The first-order valence-electron chi connectivity index (χ1n) is 7.61. The van der Waals surface area contributed by atoms with E-state index in [4.69, 9.17) is 4.74 Å². The van der Waals surface area contributed by atoms with Crippen molar-refractivity contribution in [2.75, 3.05) is 26.2 Å². The van der Waals surface area contributed by atoms with Crippen LogP contribution in [0.1, 0.15) is 45.4 Å². The van der Waals surface area contributed by atoms with Crippen molar-refractivity contribution in [2.24, 2.45) is 4.99 Å². The highest BCUT2D eigenvalue weighted by molar-refractivity contribution is 5.79. The Bertz CT molecular complexity index is 258. The van der Waals surface area contributed by atoms with E-state index in [1.807, 2.05) is 6.08 Å². The molecule has 0 radical (unpaired) electrons. The van der Waals surface area contributed by atoms with Gasteiger partial charge in [-0.3, -0.25) is 4.99 Å². The van der Waals surface area contributed by atoms with E-state index < -0.39 is 0 Å². The van der Waals surface area contributed by atoms with Gasteiger partial charge in [0.2, 0.25) is 0 Å². The van der Waals surface area contributed by atoms with Gasteiger partial charge in [-0.15, -0.1) is 6.58 Å². The van der Waals surface area contributed by atoms with Gasteiger partial charge in [-0.2, -0.15) is 0 Å². The van der Waals surface area contributed by atoms with E-state index in [0.29, 0.717) is 12.6 Å². The maximum Gasteiger partial charge on any atom is 0.191 e.